The Hall–Kier alpha value is -1.27. The monoisotopic (exact) mass is 516 g/mol. The molecule has 0 bridgehead atoms. The highest BCUT2D eigenvalue weighted by atomic mass is 79.9. The number of benzene rings is 2. The second-order valence-corrected chi connectivity index (χ2v) is 10.1. The zero-order valence-corrected chi connectivity index (χ0v) is 19.4. The van der Waals surface area contributed by atoms with Crippen LogP contribution in [-0.4, -0.2) is 33.6 Å². The molecule has 4 nitrogen and oxygen atoms in total. The summed E-state index contributed by atoms with van der Waals surface area (Å²) in [6.07, 6.45) is 3.07. The molecule has 0 radical (unpaired) electrons. The Morgan fingerprint density at radius 1 is 0.966 bits per heavy atom. The van der Waals surface area contributed by atoms with E-state index in [1.165, 1.54) is 4.90 Å². The molecule has 3 rings (SSSR count). The molecule has 2 aromatic carbocycles. The van der Waals surface area contributed by atoms with Crippen LogP contribution in [0.15, 0.2) is 53.0 Å². The van der Waals surface area contributed by atoms with Crippen LogP contribution in [0.25, 0.3) is 0 Å². The number of likely N-dealkylation sites (tertiary alicyclic amines) is 1. The first kappa shape index (κ1) is 22.4. The van der Waals surface area contributed by atoms with Crippen molar-refractivity contribution in [3.05, 3.63) is 64.1 Å². The highest BCUT2D eigenvalue weighted by Gasteiger charge is 2.37. The fourth-order valence-electron chi connectivity index (χ4n) is 3.35. The average molecular weight is 519 g/mol. The van der Waals surface area contributed by atoms with Crippen molar-refractivity contribution in [2.24, 2.45) is 0 Å². The van der Waals surface area contributed by atoms with Gasteiger partial charge in [0.25, 0.3) is 15.6 Å². The lowest BCUT2D eigenvalue weighted by molar-refractivity contribution is -0.117. The van der Waals surface area contributed by atoms with Gasteiger partial charge in [0, 0.05) is 17.6 Å². The van der Waals surface area contributed by atoms with E-state index in [2.05, 4.69) is 15.9 Å². The highest BCUT2D eigenvalue weighted by molar-refractivity contribution is 9.10. The summed E-state index contributed by atoms with van der Waals surface area (Å²) in [5, 5.41) is 0. The Bertz CT molecular complexity index is 878. The van der Waals surface area contributed by atoms with Gasteiger partial charge in [0.05, 0.1) is 17.8 Å². The van der Waals surface area contributed by atoms with Gasteiger partial charge in [-0.25, -0.2) is 0 Å². The Labute approximate surface area is 193 Å². The molecule has 0 unspecified atom stereocenters. The summed E-state index contributed by atoms with van der Waals surface area (Å²) < 4.78 is -1.22. The molecule has 0 saturated carbocycles. The minimum atomic E-state index is -2.14. The minimum absolute atomic E-state index is 0.113. The Morgan fingerprint density at radius 2 is 1.59 bits per heavy atom. The van der Waals surface area contributed by atoms with Gasteiger partial charge in [0.2, 0.25) is 0 Å². The molecule has 8 heteroatoms. The standard InChI is InChI=1S/C21H20BrCl3N2O2/c22-16-10-8-15(9-11-16)14-27(20(29)21(23,24)25)18-7-3-2-6-17(18)19(28)26-12-4-1-5-13-26/h2-3,6-11H,1,4-5,12-14H2. The number of carbonyl (C=O) groups is 2. The number of para-hydroxylation sites is 1. The van der Waals surface area contributed by atoms with Gasteiger partial charge in [-0.1, -0.05) is 75.0 Å². The van der Waals surface area contributed by atoms with E-state index in [9.17, 15) is 9.59 Å². The second kappa shape index (κ2) is 9.69. The van der Waals surface area contributed by atoms with Crippen molar-refractivity contribution >= 4 is 68.2 Å². The van der Waals surface area contributed by atoms with Crippen LogP contribution in [0.1, 0.15) is 35.2 Å². The smallest absolute Gasteiger partial charge is 0.279 e. The lowest BCUT2D eigenvalue weighted by Crippen LogP contribution is -2.41. The van der Waals surface area contributed by atoms with E-state index < -0.39 is 9.70 Å². The number of nitrogens with zero attached hydrogens (tertiary/aromatic N) is 2. The maximum Gasteiger partial charge on any atom is 0.279 e. The van der Waals surface area contributed by atoms with Crippen LogP contribution in [0.5, 0.6) is 0 Å². The van der Waals surface area contributed by atoms with Gasteiger partial charge in [-0.3, -0.25) is 9.59 Å². The molecule has 0 spiro atoms. The summed E-state index contributed by atoms with van der Waals surface area (Å²) in [5.41, 5.74) is 1.70. The molecular weight excluding hydrogens is 499 g/mol. The lowest BCUT2D eigenvalue weighted by Gasteiger charge is -2.31. The SMILES string of the molecule is O=C(c1ccccc1N(Cc1ccc(Br)cc1)C(=O)C(Cl)(Cl)Cl)N1CCCCC1. The second-order valence-electron chi connectivity index (χ2n) is 6.89. The summed E-state index contributed by atoms with van der Waals surface area (Å²) >= 11 is 21.2. The molecule has 0 aliphatic carbocycles. The largest absolute Gasteiger partial charge is 0.339 e. The summed E-state index contributed by atoms with van der Waals surface area (Å²) in [5.74, 6) is -0.817. The minimum Gasteiger partial charge on any atom is -0.339 e. The first-order valence-corrected chi connectivity index (χ1v) is 11.2. The van der Waals surface area contributed by atoms with Crippen LogP contribution in [0.4, 0.5) is 5.69 Å². The Balaban J connectivity index is 2.00. The molecular formula is C21H20BrCl3N2O2. The highest BCUT2D eigenvalue weighted by Crippen LogP contribution is 2.34. The van der Waals surface area contributed by atoms with Crippen molar-refractivity contribution in [2.75, 3.05) is 18.0 Å². The third kappa shape index (κ3) is 5.66. The van der Waals surface area contributed by atoms with Crippen LogP contribution < -0.4 is 4.90 Å². The van der Waals surface area contributed by atoms with Gasteiger partial charge >= 0.3 is 0 Å². The van der Waals surface area contributed by atoms with Crippen LogP contribution in [0, 0.1) is 0 Å². The fraction of sp³-hybridized carbons (Fsp3) is 0.333. The zero-order valence-electron chi connectivity index (χ0n) is 15.6. The van der Waals surface area contributed by atoms with Gasteiger partial charge in [0.1, 0.15) is 0 Å². The van der Waals surface area contributed by atoms with Crippen molar-refractivity contribution in [1.82, 2.24) is 4.90 Å². The average Bonchev–Trinajstić information content (AvgIpc) is 2.72. The summed E-state index contributed by atoms with van der Waals surface area (Å²) in [7, 11) is 0. The first-order valence-electron chi connectivity index (χ1n) is 9.29. The molecule has 2 aromatic rings. The predicted octanol–water partition coefficient (Wildman–Crippen LogP) is 5.98. The van der Waals surface area contributed by atoms with Crippen LogP contribution in [-0.2, 0) is 11.3 Å². The number of hydrogen-bond donors (Lipinski definition) is 0. The summed E-state index contributed by atoms with van der Waals surface area (Å²) in [6.45, 7) is 1.58. The molecule has 0 N–H and O–H groups in total. The number of anilines is 1. The third-order valence-electron chi connectivity index (χ3n) is 4.81. The molecule has 1 saturated heterocycles. The Morgan fingerprint density at radius 3 is 2.21 bits per heavy atom. The van der Waals surface area contributed by atoms with Gasteiger partial charge < -0.3 is 9.80 Å². The third-order valence-corrected chi connectivity index (χ3v) is 5.82. The van der Waals surface area contributed by atoms with Crippen LogP contribution in [0.3, 0.4) is 0 Å². The lowest BCUT2D eigenvalue weighted by atomic mass is 10.1. The molecule has 1 aliphatic rings. The summed E-state index contributed by atoms with van der Waals surface area (Å²) in [4.78, 5) is 29.3. The quantitative estimate of drug-likeness (QED) is 0.468. The first-order chi connectivity index (χ1) is 13.8. The van der Waals surface area contributed by atoms with Gasteiger partial charge in [-0.05, 0) is 49.1 Å². The number of carbonyl (C=O) groups excluding carboxylic acids is 2. The maximum absolute atomic E-state index is 13.2. The molecule has 1 aliphatic heterocycles. The molecule has 0 aromatic heterocycles. The number of alkyl halides is 3. The number of hydrogen-bond acceptors (Lipinski definition) is 2. The normalized spacial score (nSPS) is 14.6. The maximum atomic E-state index is 13.2. The Kier molecular flexibility index (Phi) is 7.49. The molecule has 29 heavy (non-hydrogen) atoms. The number of halogens is 4. The van der Waals surface area contributed by atoms with Crippen molar-refractivity contribution in [1.29, 1.82) is 0 Å². The fourth-order valence-corrected chi connectivity index (χ4v) is 3.92. The van der Waals surface area contributed by atoms with Crippen molar-refractivity contribution < 1.29 is 9.59 Å². The molecule has 2 amide bonds. The van der Waals surface area contributed by atoms with E-state index >= 15 is 0 Å². The number of rotatable bonds is 4. The predicted molar refractivity (Wildman–Crippen MR) is 122 cm³/mol. The molecule has 0 atom stereocenters. The zero-order chi connectivity index (χ0) is 21.0. The van der Waals surface area contributed by atoms with Crippen LogP contribution in [0.2, 0.25) is 0 Å². The van der Waals surface area contributed by atoms with E-state index in [4.69, 9.17) is 34.8 Å². The molecule has 1 fully saturated rings. The van der Waals surface area contributed by atoms with Crippen molar-refractivity contribution in [3.63, 3.8) is 0 Å². The van der Waals surface area contributed by atoms with Gasteiger partial charge in [-0.15, -0.1) is 0 Å². The topological polar surface area (TPSA) is 40.6 Å². The van der Waals surface area contributed by atoms with E-state index in [1.54, 1.807) is 24.3 Å². The van der Waals surface area contributed by atoms with E-state index in [1.807, 2.05) is 29.2 Å². The van der Waals surface area contributed by atoms with E-state index in [0.717, 1.165) is 29.3 Å². The number of piperidine rings is 1. The number of amides is 2. The molecule has 154 valence electrons. The van der Waals surface area contributed by atoms with E-state index in [0.29, 0.717) is 24.3 Å². The van der Waals surface area contributed by atoms with Crippen molar-refractivity contribution in [2.45, 2.75) is 29.6 Å². The van der Waals surface area contributed by atoms with Crippen LogP contribution >= 0.6 is 50.7 Å². The molecule has 1 heterocycles. The van der Waals surface area contributed by atoms with Crippen molar-refractivity contribution in [3.8, 4) is 0 Å². The van der Waals surface area contributed by atoms with E-state index in [-0.39, 0.29) is 12.5 Å². The summed E-state index contributed by atoms with van der Waals surface area (Å²) in [6, 6.07) is 14.5. The van der Waals surface area contributed by atoms with Gasteiger partial charge in [0.15, 0.2) is 0 Å². The van der Waals surface area contributed by atoms with Gasteiger partial charge in [-0.2, -0.15) is 0 Å².